The Morgan fingerprint density at radius 2 is 1.95 bits per heavy atom. The maximum Gasteiger partial charge on any atom is 0.219 e. The highest BCUT2D eigenvalue weighted by molar-refractivity contribution is 5.73. The average Bonchev–Trinajstić information content (AvgIpc) is 2.46. The molecule has 0 unspecified atom stereocenters. The van der Waals surface area contributed by atoms with Gasteiger partial charge in [-0.25, -0.2) is 0 Å². The SMILES string of the molecule is COc1ccc(N2CCN(C(C)=O)CC2)cc1N=O. The molecule has 0 N–H and O–H groups in total. The number of benzene rings is 1. The lowest BCUT2D eigenvalue weighted by atomic mass is 10.2. The van der Waals surface area contributed by atoms with Crippen LogP contribution in [0.2, 0.25) is 0 Å². The number of nitroso groups, excluding NO2 is 1. The molecule has 0 aromatic heterocycles. The van der Waals surface area contributed by atoms with E-state index in [0.29, 0.717) is 24.5 Å². The van der Waals surface area contributed by atoms with Gasteiger partial charge in [0.1, 0.15) is 5.75 Å². The zero-order valence-corrected chi connectivity index (χ0v) is 11.1. The van der Waals surface area contributed by atoms with Crippen LogP contribution < -0.4 is 9.64 Å². The van der Waals surface area contributed by atoms with Crippen molar-refractivity contribution in [3.05, 3.63) is 23.1 Å². The highest BCUT2D eigenvalue weighted by Crippen LogP contribution is 2.32. The van der Waals surface area contributed by atoms with Gasteiger partial charge < -0.3 is 14.5 Å². The number of piperazine rings is 1. The third kappa shape index (κ3) is 2.83. The van der Waals surface area contributed by atoms with Crippen molar-refractivity contribution in [1.29, 1.82) is 0 Å². The van der Waals surface area contributed by atoms with E-state index < -0.39 is 0 Å². The summed E-state index contributed by atoms with van der Waals surface area (Å²) in [5.74, 6) is 0.575. The van der Waals surface area contributed by atoms with E-state index >= 15 is 0 Å². The third-order valence-corrected chi connectivity index (χ3v) is 3.35. The third-order valence-electron chi connectivity index (χ3n) is 3.35. The van der Waals surface area contributed by atoms with E-state index in [1.807, 2.05) is 11.0 Å². The van der Waals surface area contributed by atoms with Gasteiger partial charge in [-0.1, -0.05) is 0 Å². The maximum atomic E-state index is 11.3. The Kier molecular flexibility index (Phi) is 3.99. The van der Waals surface area contributed by atoms with E-state index in [1.165, 1.54) is 7.11 Å². The second-order valence-electron chi connectivity index (χ2n) is 4.44. The fourth-order valence-corrected chi connectivity index (χ4v) is 2.23. The molecule has 1 saturated heterocycles. The van der Waals surface area contributed by atoms with Crippen LogP contribution in [-0.2, 0) is 4.79 Å². The number of hydrogen-bond acceptors (Lipinski definition) is 5. The van der Waals surface area contributed by atoms with Gasteiger partial charge in [-0.2, -0.15) is 0 Å². The molecule has 2 rings (SSSR count). The van der Waals surface area contributed by atoms with Gasteiger partial charge in [0.15, 0.2) is 5.69 Å². The van der Waals surface area contributed by atoms with Crippen LogP contribution in [0.25, 0.3) is 0 Å². The van der Waals surface area contributed by atoms with Gasteiger partial charge in [0.2, 0.25) is 5.91 Å². The van der Waals surface area contributed by atoms with Crippen molar-refractivity contribution in [2.24, 2.45) is 5.18 Å². The predicted molar refractivity (Wildman–Crippen MR) is 72.9 cm³/mol. The monoisotopic (exact) mass is 263 g/mol. The molecule has 1 amide bonds. The average molecular weight is 263 g/mol. The van der Waals surface area contributed by atoms with Gasteiger partial charge in [-0.15, -0.1) is 4.91 Å². The molecular formula is C13H17N3O3. The summed E-state index contributed by atoms with van der Waals surface area (Å²) in [6, 6.07) is 5.36. The van der Waals surface area contributed by atoms with Crippen molar-refractivity contribution in [1.82, 2.24) is 4.90 Å². The lowest BCUT2D eigenvalue weighted by molar-refractivity contribution is -0.129. The van der Waals surface area contributed by atoms with Gasteiger partial charge >= 0.3 is 0 Å². The Morgan fingerprint density at radius 3 is 2.47 bits per heavy atom. The summed E-state index contributed by atoms with van der Waals surface area (Å²) in [4.78, 5) is 26.0. The first kappa shape index (κ1) is 13.3. The molecule has 1 aliphatic rings. The second-order valence-corrected chi connectivity index (χ2v) is 4.44. The topological polar surface area (TPSA) is 62.2 Å². The first-order chi connectivity index (χ1) is 9.15. The molecule has 1 aromatic rings. The number of amides is 1. The van der Waals surface area contributed by atoms with Gasteiger partial charge in [0, 0.05) is 38.8 Å². The van der Waals surface area contributed by atoms with Crippen molar-refractivity contribution >= 4 is 17.3 Å². The van der Waals surface area contributed by atoms with E-state index in [1.54, 1.807) is 19.1 Å². The molecule has 1 aliphatic heterocycles. The number of hydrogen-bond donors (Lipinski definition) is 0. The molecule has 0 bridgehead atoms. The van der Waals surface area contributed by atoms with E-state index in [-0.39, 0.29) is 5.91 Å². The Labute approximate surface area is 111 Å². The highest BCUT2D eigenvalue weighted by Gasteiger charge is 2.19. The summed E-state index contributed by atoms with van der Waals surface area (Å²) in [6.45, 7) is 4.49. The van der Waals surface area contributed by atoms with Gasteiger partial charge in [0.25, 0.3) is 0 Å². The van der Waals surface area contributed by atoms with Crippen molar-refractivity contribution in [3.63, 3.8) is 0 Å². The number of ether oxygens (including phenoxy) is 1. The minimum absolute atomic E-state index is 0.102. The molecule has 102 valence electrons. The van der Waals surface area contributed by atoms with Crippen LogP contribution in [0.3, 0.4) is 0 Å². The first-order valence-electron chi connectivity index (χ1n) is 6.17. The fourth-order valence-electron chi connectivity index (χ4n) is 2.23. The van der Waals surface area contributed by atoms with Crippen LogP contribution in [0, 0.1) is 4.91 Å². The highest BCUT2D eigenvalue weighted by atomic mass is 16.5. The number of rotatable bonds is 3. The van der Waals surface area contributed by atoms with Crippen molar-refractivity contribution in [2.45, 2.75) is 6.92 Å². The van der Waals surface area contributed by atoms with Crippen molar-refractivity contribution in [2.75, 3.05) is 38.2 Å². The molecule has 1 aromatic carbocycles. The van der Waals surface area contributed by atoms with Gasteiger partial charge in [-0.05, 0) is 23.4 Å². The molecule has 1 heterocycles. The zero-order valence-electron chi connectivity index (χ0n) is 11.1. The predicted octanol–water partition coefficient (Wildman–Crippen LogP) is 1.76. The van der Waals surface area contributed by atoms with Gasteiger partial charge in [0.05, 0.1) is 7.11 Å². The van der Waals surface area contributed by atoms with Crippen LogP contribution in [0.1, 0.15) is 6.92 Å². The van der Waals surface area contributed by atoms with E-state index in [4.69, 9.17) is 4.74 Å². The lowest BCUT2D eigenvalue weighted by Gasteiger charge is -2.35. The molecular weight excluding hydrogens is 246 g/mol. The molecule has 0 radical (unpaired) electrons. The van der Waals surface area contributed by atoms with E-state index in [2.05, 4.69) is 10.1 Å². The van der Waals surface area contributed by atoms with Crippen LogP contribution in [-0.4, -0.2) is 44.1 Å². The normalized spacial score (nSPS) is 15.3. The number of nitrogens with zero attached hydrogens (tertiary/aromatic N) is 3. The van der Waals surface area contributed by atoms with E-state index in [0.717, 1.165) is 18.8 Å². The largest absolute Gasteiger partial charge is 0.494 e. The van der Waals surface area contributed by atoms with Crippen LogP contribution in [0.15, 0.2) is 23.4 Å². The summed E-state index contributed by atoms with van der Waals surface area (Å²) in [7, 11) is 1.51. The Morgan fingerprint density at radius 1 is 1.26 bits per heavy atom. The molecule has 6 heteroatoms. The summed E-state index contributed by atoms with van der Waals surface area (Å²) >= 11 is 0. The second kappa shape index (κ2) is 5.69. The summed E-state index contributed by atoms with van der Waals surface area (Å²) in [5, 5.41) is 2.97. The lowest BCUT2D eigenvalue weighted by Crippen LogP contribution is -2.48. The minimum Gasteiger partial charge on any atom is -0.494 e. The molecule has 0 saturated carbocycles. The molecule has 1 fully saturated rings. The smallest absolute Gasteiger partial charge is 0.219 e. The molecule has 6 nitrogen and oxygen atoms in total. The quantitative estimate of drug-likeness (QED) is 0.780. The fraction of sp³-hybridized carbons (Fsp3) is 0.462. The standard InChI is InChI=1S/C13H17N3O3/c1-10(17)15-5-7-16(8-6-15)11-3-4-13(19-2)12(9-11)14-18/h3-4,9H,5-8H2,1-2H3. The number of methoxy groups -OCH3 is 1. The molecule has 0 spiro atoms. The van der Waals surface area contributed by atoms with Crippen molar-refractivity contribution < 1.29 is 9.53 Å². The number of carbonyl (C=O) groups is 1. The summed E-state index contributed by atoms with van der Waals surface area (Å²) in [5.41, 5.74) is 1.23. The Balaban J connectivity index is 2.11. The Bertz CT molecular complexity index is 482. The minimum atomic E-state index is 0.102. The number of anilines is 1. The van der Waals surface area contributed by atoms with Gasteiger partial charge in [-0.3, -0.25) is 4.79 Å². The maximum absolute atomic E-state index is 11.3. The summed E-state index contributed by atoms with van der Waals surface area (Å²) < 4.78 is 5.06. The molecule has 0 aliphatic carbocycles. The number of carbonyl (C=O) groups excluding carboxylic acids is 1. The van der Waals surface area contributed by atoms with E-state index in [9.17, 15) is 9.70 Å². The van der Waals surface area contributed by atoms with Crippen LogP contribution in [0.5, 0.6) is 5.75 Å². The molecule has 0 atom stereocenters. The summed E-state index contributed by atoms with van der Waals surface area (Å²) in [6.07, 6.45) is 0. The zero-order chi connectivity index (χ0) is 13.8. The van der Waals surface area contributed by atoms with Crippen LogP contribution in [0.4, 0.5) is 11.4 Å². The van der Waals surface area contributed by atoms with Crippen molar-refractivity contribution in [3.8, 4) is 5.75 Å². The van der Waals surface area contributed by atoms with Crippen LogP contribution >= 0.6 is 0 Å². The first-order valence-corrected chi connectivity index (χ1v) is 6.17. The Hall–Kier alpha value is -2.11. The molecule has 19 heavy (non-hydrogen) atoms.